The van der Waals surface area contributed by atoms with Crippen molar-refractivity contribution in [2.75, 3.05) is 0 Å². The molecule has 2 aromatic rings. The Hall–Kier alpha value is -2.06. The minimum atomic E-state index is 0.151. The van der Waals surface area contributed by atoms with Gasteiger partial charge in [-0.2, -0.15) is 10.2 Å². The molecular formula is C12H10ClN3O2. The highest BCUT2D eigenvalue weighted by atomic mass is 35.5. The number of halogens is 1. The summed E-state index contributed by atoms with van der Waals surface area (Å²) in [5, 5.41) is 12.8. The third kappa shape index (κ3) is 2.79. The molecule has 0 amide bonds. The maximum absolute atomic E-state index is 8.71. The van der Waals surface area contributed by atoms with Crippen LogP contribution in [0.1, 0.15) is 24.2 Å². The van der Waals surface area contributed by atoms with E-state index in [9.17, 15) is 0 Å². The molecule has 92 valence electrons. The molecule has 0 spiro atoms. The molecular weight excluding hydrogens is 254 g/mol. The number of ether oxygens (including phenoxy) is 1. The normalized spacial score (nSPS) is 10.1. The number of hydrogen-bond acceptors (Lipinski definition) is 5. The van der Waals surface area contributed by atoms with Crippen LogP contribution in [0.15, 0.2) is 22.7 Å². The zero-order chi connectivity index (χ0) is 13.0. The fraction of sp³-hybridized carbons (Fsp3) is 0.250. The zero-order valence-electron chi connectivity index (χ0n) is 9.68. The highest BCUT2D eigenvalue weighted by Crippen LogP contribution is 2.25. The first kappa shape index (κ1) is 12.4. The molecule has 0 unspecified atom stereocenters. The lowest BCUT2D eigenvalue weighted by Crippen LogP contribution is -1.97. The van der Waals surface area contributed by atoms with Gasteiger partial charge in [0.2, 0.25) is 0 Å². The first-order chi connectivity index (χ1) is 8.72. The lowest BCUT2D eigenvalue weighted by atomic mass is 10.2. The Bertz CT molecular complexity index is 589. The van der Waals surface area contributed by atoms with Crippen LogP contribution in [0, 0.1) is 11.3 Å². The minimum Gasteiger partial charge on any atom is -0.482 e. The first-order valence-corrected chi connectivity index (χ1v) is 5.74. The quantitative estimate of drug-likeness (QED) is 0.848. The summed E-state index contributed by atoms with van der Waals surface area (Å²) in [6.07, 6.45) is 0.709. The molecule has 0 radical (unpaired) electrons. The van der Waals surface area contributed by atoms with Crippen LogP contribution in [-0.4, -0.2) is 10.1 Å². The highest BCUT2D eigenvalue weighted by Gasteiger charge is 2.08. The SMILES string of the molecule is CCc1noc(COc2ccc(C#N)cc2Cl)n1. The predicted molar refractivity (Wildman–Crippen MR) is 64.2 cm³/mol. The molecule has 2 rings (SSSR count). The number of benzene rings is 1. The Balaban J connectivity index is 2.04. The Morgan fingerprint density at radius 3 is 2.94 bits per heavy atom. The number of aromatic nitrogens is 2. The smallest absolute Gasteiger partial charge is 0.264 e. The van der Waals surface area contributed by atoms with E-state index in [1.165, 1.54) is 0 Å². The molecule has 0 aliphatic heterocycles. The second kappa shape index (κ2) is 5.52. The highest BCUT2D eigenvalue weighted by molar-refractivity contribution is 6.32. The molecule has 0 fully saturated rings. The van der Waals surface area contributed by atoms with E-state index in [1.54, 1.807) is 18.2 Å². The molecule has 1 heterocycles. The van der Waals surface area contributed by atoms with E-state index in [-0.39, 0.29) is 6.61 Å². The van der Waals surface area contributed by atoms with Crippen molar-refractivity contribution in [1.82, 2.24) is 10.1 Å². The van der Waals surface area contributed by atoms with E-state index in [1.807, 2.05) is 13.0 Å². The Labute approximate surface area is 109 Å². The van der Waals surface area contributed by atoms with Crippen LogP contribution in [0.25, 0.3) is 0 Å². The van der Waals surface area contributed by atoms with Gasteiger partial charge in [-0.25, -0.2) is 0 Å². The maximum atomic E-state index is 8.71. The van der Waals surface area contributed by atoms with Crippen LogP contribution in [0.4, 0.5) is 0 Å². The molecule has 1 aromatic heterocycles. The van der Waals surface area contributed by atoms with Gasteiger partial charge in [0.1, 0.15) is 5.75 Å². The van der Waals surface area contributed by atoms with Gasteiger partial charge in [-0.05, 0) is 18.2 Å². The number of nitriles is 1. The Morgan fingerprint density at radius 2 is 2.33 bits per heavy atom. The fourth-order valence-corrected chi connectivity index (χ4v) is 1.55. The second-order valence-electron chi connectivity index (χ2n) is 3.50. The van der Waals surface area contributed by atoms with Crippen LogP contribution in [0.3, 0.4) is 0 Å². The number of aryl methyl sites for hydroxylation is 1. The van der Waals surface area contributed by atoms with Gasteiger partial charge in [-0.1, -0.05) is 23.7 Å². The molecule has 0 atom stereocenters. The molecule has 0 saturated heterocycles. The summed E-state index contributed by atoms with van der Waals surface area (Å²) in [4.78, 5) is 4.11. The third-order valence-electron chi connectivity index (χ3n) is 2.24. The van der Waals surface area contributed by atoms with Crippen LogP contribution < -0.4 is 4.74 Å². The summed E-state index contributed by atoms with van der Waals surface area (Å²) < 4.78 is 10.4. The van der Waals surface area contributed by atoms with E-state index < -0.39 is 0 Å². The summed E-state index contributed by atoms with van der Waals surface area (Å²) >= 11 is 5.96. The van der Waals surface area contributed by atoms with E-state index >= 15 is 0 Å². The van der Waals surface area contributed by atoms with Gasteiger partial charge in [0.15, 0.2) is 12.4 Å². The lowest BCUT2D eigenvalue weighted by Gasteiger charge is -2.05. The summed E-state index contributed by atoms with van der Waals surface area (Å²) in [6.45, 7) is 2.09. The molecule has 0 bridgehead atoms. The van der Waals surface area contributed by atoms with Gasteiger partial charge in [-0.15, -0.1) is 0 Å². The van der Waals surface area contributed by atoms with Crippen LogP contribution in [-0.2, 0) is 13.0 Å². The van der Waals surface area contributed by atoms with Crippen LogP contribution >= 0.6 is 11.6 Å². The van der Waals surface area contributed by atoms with Crippen molar-refractivity contribution >= 4 is 11.6 Å². The second-order valence-corrected chi connectivity index (χ2v) is 3.91. The third-order valence-corrected chi connectivity index (χ3v) is 2.53. The molecule has 1 aromatic carbocycles. The van der Waals surface area contributed by atoms with Crippen molar-refractivity contribution in [3.8, 4) is 11.8 Å². The van der Waals surface area contributed by atoms with Gasteiger partial charge in [-0.3, -0.25) is 0 Å². The van der Waals surface area contributed by atoms with Crippen molar-refractivity contribution in [3.63, 3.8) is 0 Å². The average Bonchev–Trinajstić information content (AvgIpc) is 2.85. The number of hydrogen-bond donors (Lipinski definition) is 0. The molecule has 5 nitrogen and oxygen atoms in total. The van der Waals surface area contributed by atoms with Gasteiger partial charge in [0, 0.05) is 6.42 Å². The molecule has 0 aliphatic rings. The Kier molecular flexibility index (Phi) is 3.80. The van der Waals surface area contributed by atoms with Crippen molar-refractivity contribution < 1.29 is 9.26 Å². The van der Waals surface area contributed by atoms with Gasteiger partial charge in [0.05, 0.1) is 16.7 Å². The summed E-state index contributed by atoms with van der Waals surface area (Å²) in [5.41, 5.74) is 0.485. The predicted octanol–water partition coefficient (Wildman–Crippen LogP) is 2.74. The molecule has 18 heavy (non-hydrogen) atoms. The van der Waals surface area contributed by atoms with Crippen molar-refractivity contribution in [2.45, 2.75) is 20.0 Å². The van der Waals surface area contributed by atoms with Crippen molar-refractivity contribution in [1.29, 1.82) is 5.26 Å². The molecule has 6 heteroatoms. The monoisotopic (exact) mass is 263 g/mol. The largest absolute Gasteiger partial charge is 0.482 e. The summed E-state index contributed by atoms with van der Waals surface area (Å²) in [5.74, 6) is 1.51. The molecule has 0 aliphatic carbocycles. The molecule has 0 N–H and O–H groups in total. The minimum absolute atomic E-state index is 0.151. The topological polar surface area (TPSA) is 71.9 Å². The van der Waals surface area contributed by atoms with E-state index in [4.69, 9.17) is 26.1 Å². The van der Waals surface area contributed by atoms with Gasteiger partial charge >= 0.3 is 0 Å². The van der Waals surface area contributed by atoms with Crippen molar-refractivity contribution in [2.24, 2.45) is 0 Å². The standard InChI is InChI=1S/C12H10ClN3O2/c1-2-11-15-12(18-16-11)7-17-10-4-3-8(6-14)5-9(10)13/h3-5H,2,7H2,1H3. The fourth-order valence-electron chi connectivity index (χ4n) is 1.32. The number of nitrogens with zero attached hydrogens (tertiary/aromatic N) is 3. The Morgan fingerprint density at radius 1 is 1.50 bits per heavy atom. The maximum Gasteiger partial charge on any atom is 0.264 e. The molecule has 0 saturated carbocycles. The first-order valence-electron chi connectivity index (χ1n) is 5.37. The summed E-state index contributed by atoms with van der Waals surface area (Å²) in [6, 6.07) is 6.81. The average molecular weight is 264 g/mol. The van der Waals surface area contributed by atoms with Gasteiger partial charge < -0.3 is 9.26 Å². The lowest BCUT2D eigenvalue weighted by molar-refractivity contribution is 0.242. The number of rotatable bonds is 4. The zero-order valence-corrected chi connectivity index (χ0v) is 10.4. The van der Waals surface area contributed by atoms with E-state index in [2.05, 4.69) is 10.1 Å². The van der Waals surface area contributed by atoms with Crippen molar-refractivity contribution in [3.05, 3.63) is 40.5 Å². The van der Waals surface area contributed by atoms with Gasteiger partial charge in [0.25, 0.3) is 5.89 Å². The summed E-state index contributed by atoms with van der Waals surface area (Å²) in [7, 11) is 0. The van der Waals surface area contributed by atoms with E-state index in [0.717, 1.165) is 0 Å². The van der Waals surface area contributed by atoms with Crippen LogP contribution in [0.2, 0.25) is 5.02 Å². The van der Waals surface area contributed by atoms with E-state index in [0.29, 0.717) is 34.5 Å². The van der Waals surface area contributed by atoms with Crippen LogP contribution in [0.5, 0.6) is 5.75 Å².